The van der Waals surface area contributed by atoms with Gasteiger partial charge >= 0.3 is 6.43 Å². The Kier molecular flexibility index (Phi) is 4.03. The lowest BCUT2D eigenvalue weighted by atomic mass is 10.2. The molecule has 15 heavy (non-hydrogen) atoms. The molecule has 5 heteroatoms. The lowest BCUT2D eigenvalue weighted by molar-refractivity contribution is -0.141. The van der Waals surface area contributed by atoms with Crippen molar-refractivity contribution in [1.29, 1.82) is 0 Å². The van der Waals surface area contributed by atoms with Gasteiger partial charge in [-0.2, -0.15) is 8.78 Å². The molecule has 0 aliphatic heterocycles. The topological polar surface area (TPSA) is 20.3 Å². The number of rotatable bonds is 3. The van der Waals surface area contributed by atoms with E-state index in [0.717, 1.165) is 10.5 Å². The highest BCUT2D eigenvalue weighted by atomic mass is 35.5. The zero-order valence-electron chi connectivity index (χ0n) is 8.08. The second-order valence-electron chi connectivity index (χ2n) is 3.12. The maximum Gasteiger partial charge on any atom is 0.315 e. The van der Waals surface area contributed by atoms with Crippen molar-refractivity contribution in [2.75, 3.05) is 7.05 Å². The van der Waals surface area contributed by atoms with Crippen molar-refractivity contribution in [1.82, 2.24) is 4.90 Å². The molecular formula is C10H10ClF2NO. The van der Waals surface area contributed by atoms with Crippen LogP contribution in [0.4, 0.5) is 8.78 Å². The first-order valence-corrected chi connectivity index (χ1v) is 4.66. The number of hydrogen-bond acceptors (Lipinski definition) is 1. The van der Waals surface area contributed by atoms with Crippen LogP contribution in [0.15, 0.2) is 24.3 Å². The largest absolute Gasteiger partial charge is 0.336 e. The molecule has 0 radical (unpaired) electrons. The Balaban J connectivity index is 2.66. The molecule has 0 saturated heterocycles. The summed E-state index contributed by atoms with van der Waals surface area (Å²) in [5.41, 5.74) is 0.721. The van der Waals surface area contributed by atoms with Crippen LogP contribution in [0, 0.1) is 0 Å². The smallest absolute Gasteiger partial charge is 0.315 e. The van der Waals surface area contributed by atoms with E-state index in [4.69, 9.17) is 11.6 Å². The van der Waals surface area contributed by atoms with Crippen molar-refractivity contribution in [2.24, 2.45) is 0 Å². The predicted molar refractivity (Wildman–Crippen MR) is 53.9 cm³/mol. The number of amides is 1. The molecule has 1 aromatic carbocycles. The van der Waals surface area contributed by atoms with Crippen LogP contribution in [-0.2, 0) is 11.3 Å². The summed E-state index contributed by atoms with van der Waals surface area (Å²) in [6.07, 6.45) is -2.96. The molecule has 1 amide bonds. The summed E-state index contributed by atoms with van der Waals surface area (Å²) < 4.78 is 24.1. The SMILES string of the molecule is CN(Cc1cccc(Cl)c1)C(=O)C(F)F. The third kappa shape index (κ3) is 3.47. The summed E-state index contributed by atoms with van der Waals surface area (Å²) in [6, 6.07) is 6.75. The lowest BCUT2D eigenvalue weighted by Crippen LogP contribution is -2.31. The normalized spacial score (nSPS) is 10.5. The standard InChI is InChI=1S/C10H10ClF2NO/c1-14(10(15)9(12)13)6-7-3-2-4-8(11)5-7/h2-5,9H,6H2,1H3. The van der Waals surface area contributed by atoms with E-state index < -0.39 is 12.3 Å². The molecule has 82 valence electrons. The summed E-state index contributed by atoms with van der Waals surface area (Å²) in [7, 11) is 1.33. The summed E-state index contributed by atoms with van der Waals surface area (Å²) in [6.45, 7) is 0.129. The number of halogens is 3. The van der Waals surface area contributed by atoms with Crippen molar-refractivity contribution in [3.05, 3.63) is 34.9 Å². The van der Waals surface area contributed by atoms with Crippen LogP contribution in [0.1, 0.15) is 5.56 Å². The van der Waals surface area contributed by atoms with E-state index >= 15 is 0 Å². The molecule has 0 atom stereocenters. The second kappa shape index (κ2) is 5.07. The first-order chi connectivity index (χ1) is 7.00. The van der Waals surface area contributed by atoms with Crippen LogP contribution >= 0.6 is 11.6 Å². The second-order valence-corrected chi connectivity index (χ2v) is 3.56. The Morgan fingerprint density at radius 2 is 2.20 bits per heavy atom. The van der Waals surface area contributed by atoms with Gasteiger partial charge in [0.05, 0.1) is 0 Å². The zero-order valence-corrected chi connectivity index (χ0v) is 8.84. The Hall–Kier alpha value is -1.16. The number of hydrogen-bond donors (Lipinski definition) is 0. The van der Waals surface area contributed by atoms with E-state index in [1.807, 2.05) is 0 Å². The monoisotopic (exact) mass is 233 g/mol. The minimum absolute atomic E-state index is 0.129. The fourth-order valence-corrected chi connectivity index (χ4v) is 1.37. The van der Waals surface area contributed by atoms with Gasteiger partial charge in [-0.05, 0) is 17.7 Å². The molecule has 0 heterocycles. The molecule has 0 N–H and O–H groups in total. The molecule has 1 rings (SSSR count). The highest BCUT2D eigenvalue weighted by Gasteiger charge is 2.19. The van der Waals surface area contributed by atoms with Gasteiger partial charge in [0.2, 0.25) is 0 Å². The van der Waals surface area contributed by atoms with Gasteiger partial charge in [-0.1, -0.05) is 23.7 Å². The third-order valence-electron chi connectivity index (χ3n) is 1.87. The number of benzene rings is 1. The van der Waals surface area contributed by atoms with Crippen molar-refractivity contribution in [3.8, 4) is 0 Å². The molecular weight excluding hydrogens is 224 g/mol. The van der Waals surface area contributed by atoms with E-state index in [0.29, 0.717) is 5.02 Å². The van der Waals surface area contributed by atoms with Crippen LogP contribution < -0.4 is 0 Å². The molecule has 1 aromatic rings. The van der Waals surface area contributed by atoms with Crippen molar-refractivity contribution < 1.29 is 13.6 Å². The number of carbonyl (C=O) groups is 1. The molecule has 0 bridgehead atoms. The minimum atomic E-state index is -2.96. The number of alkyl halides is 2. The Morgan fingerprint density at radius 1 is 1.53 bits per heavy atom. The molecule has 0 spiro atoms. The quantitative estimate of drug-likeness (QED) is 0.786. The van der Waals surface area contributed by atoms with Gasteiger partial charge in [-0.3, -0.25) is 4.79 Å². The van der Waals surface area contributed by atoms with Crippen LogP contribution in [-0.4, -0.2) is 24.3 Å². The molecule has 0 aliphatic rings. The average Bonchev–Trinajstić information content (AvgIpc) is 2.16. The maximum absolute atomic E-state index is 12.0. The number of carbonyl (C=O) groups excluding carboxylic acids is 1. The van der Waals surface area contributed by atoms with Gasteiger partial charge in [0.1, 0.15) is 0 Å². The van der Waals surface area contributed by atoms with Gasteiger partial charge < -0.3 is 4.90 Å². The predicted octanol–water partition coefficient (Wildman–Crippen LogP) is 2.56. The lowest BCUT2D eigenvalue weighted by Gasteiger charge is -2.16. The van der Waals surface area contributed by atoms with E-state index in [2.05, 4.69) is 0 Å². The molecule has 0 saturated carbocycles. The molecule has 0 aromatic heterocycles. The Labute approximate surface area is 91.4 Å². The van der Waals surface area contributed by atoms with Gasteiger partial charge in [0.15, 0.2) is 0 Å². The summed E-state index contributed by atoms with van der Waals surface area (Å²) >= 11 is 5.72. The van der Waals surface area contributed by atoms with Gasteiger partial charge in [0, 0.05) is 18.6 Å². The van der Waals surface area contributed by atoms with Crippen LogP contribution in [0.25, 0.3) is 0 Å². The van der Waals surface area contributed by atoms with Crippen molar-refractivity contribution >= 4 is 17.5 Å². The minimum Gasteiger partial charge on any atom is -0.336 e. The van der Waals surface area contributed by atoms with Crippen molar-refractivity contribution in [2.45, 2.75) is 13.0 Å². The highest BCUT2D eigenvalue weighted by molar-refractivity contribution is 6.30. The Bertz CT molecular complexity index is 357. The van der Waals surface area contributed by atoms with E-state index in [9.17, 15) is 13.6 Å². The molecule has 0 unspecified atom stereocenters. The van der Waals surface area contributed by atoms with E-state index in [-0.39, 0.29) is 6.54 Å². The van der Waals surface area contributed by atoms with Crippen LogP contribution in [0.3, 0.4) is 0 Å². The summed E-state index contributed by atoms with van der Waals surface area (Å²) in [5.74, 6) is -1.19. The molecule has 0 aliphatic carbocycles. The van der Waals surface area contributed by atoms with Gasteiger partial charge in [-0.15, -0.1) is 0 Å². The number of nitrogens with zero attached hydrogens (tertiary/aromatic N) is 1. The van der Waals surface area contributed by atoms with Crippen molar-refractivity contribution in [3.63, 3.8) is 0 Å². The fourth-order valence-electron chi connectivity index (χ4n) is 1.15. The fraction of sp³-hybridized carbons (Fsp3) is 0.300. The third-order valence-corrected chi connectivity index (χ3v) is 2.11. The zero-order chi connectivity index (χ0) is 11.4. The summed E-state index contributed by atoms with van der Waals surface area (Å²) in [4.78, 5) is 11.8. The molecule has 2 nitrogen and oxygen atoms in total. The molecule has 0 fully saturated rings. The average molecular weight is 234 g/mol. The van der Waals surface area contributed by atoms with Gasteiger partial charge in [-0.25, -0.2) is 0 Å². The van der Waals surface area contributed by atoms with Crippen LogP contribution in [0.5, 0.6) is 0 Å². The van der Waals surface area contributed by atoms with E-state index in [1.165, 1.54) is 7.05 Å². The Morgan fingerprint density at radius 3 is 2.73 bits per heavy atom. The van der Waals surface area contributed by atoms with Gasteiger partial charge in [0.25, 0.3) is 5.91 Å². The summed E-state index contributed by atoms with van der Waals surface area (Å²) in [5, 5.41) is 0.519. The first kappa shape index (κ1) is 11.9. The first-order valence-electron chi connectivity index (χ1n) is 4.28. The maximum atomic E-state index is 12.0. The highest BCUT2D eigenvalue weighted by Crippen LogP contribution is 2.12. The van der Waals surface area contributed by atoms with E-state index in [1.54, 1.807) is 24.3 Å². The van der Waals surface area contributed by atoms with Crippen LogP contribution in [0.2, 0.25) is 5.02 Å².